The van der Waals surface area contributed by atoms with Crippen molar-refractivity contribution in [1.29, 1.82) is 0 Å². The van der Waals surface area contributed by atoms with E-state index >= 15 is 0 Å². The van der Waals surface area contributed by atoms with Gasteiger partial charge in [0.05, 0.1) is 7.11 Å². The van der Waals surface area contributed by atoms with Crippen LogP contribution in [0.1, 0.15) is 33.6 Å². The average Bonchev–Trinajstić information content (AvgIpc) is 2.25. The smallest absolute Gasteiger partial charge is 0.411 e. The van der Waals surface area contributed by atoms with E-state index < -0.39 is 29.7 Å². The van der Waals surface area contributed by atoms with Crippen LogP contribution in [0.15, 0.2) is 0 Å². The molecule has 1 rings (SSSR count). The molecule has 18 heavy (non-hydrogen) atoms. The molecule has 0 aromatic carbocycles. The number of carbonyl (C=O) groups excluding carboxylic acids is 2. The van der Waals surface area contributed by atoms with Crippen LogP contribution < -0.4 is 5.73 Å². The molecule has 0 aromatic rings. The van der Waals surface area contributed by atoms with Crippen molar-refractivity contribution in [2.24, 2.45) is 5.73 Å². The molecule has 0 aliphatic carbocycles. The number of rotatable bonds is 1. The van der Waals surface area contributed by atoms with Crippen LogP contribution in [0.4, 0.5) is 4.79 Å². The molecule has 1 fully saturated rings. The van der Waals surface area contributed by atoms with Gasteiger partial charge in [0, 0.05) is 12.6 Å². The Morgan fingerprint density at radius 3 is 2.44 bits per heavy atom. The summed E-state index contributed by atoms with van der Waals surface area (Å²) >= 11 is 0. The van der Waals surface area contributed by atoms with E-state index in [-0.39, 0.29) is 0 Å². The van der Waals surface area contributed by atoms with Crippen molar-refractivity contribution in [2.45, 2.75) is 51.3 Å². The monoisotopic (exact) mass is 258 g/mol. The predicted molar refractivity (Wildman–Crippen MR) is 66.0 cm³/mol. The molecule has 1 heterocycles. The van der Waals surface area contributed by atoms with Gasteiger partial charge in [-0.25, -0.2) is 9.59 Å². The highest BCUT2D eigenvalue weighted by Crippen LogP contribution is 2.20. The van der Waals surface area contributed by atoms with Gasteiger partial charge in [0.15, 0.2) is 0 Å². The van der Waals surface area contributed by atoms with E-state index in [0.717, 1.165) is 6.42 Å². The highest BCUT2D eigenvalue weighted by Gasteiger charge is 2.40. The molecule has 6 nitrogen and oxygen atoms in total. The Morgan fingerprint density at radius 1 is 1.33 bits per heavy atom. The minimum absolute atomic E-state index is 0.404. The van der Waals surface area contributed by atoms with Crippen molar-refractivity contribution < 1.29 is 19.1 Å². The van der Waals surface area contributed by atoms with Crippen LogP contribution >= 0.6 is 0 Å². The number of amides is 1. The van der Waals surface area contributed by atoms with Crippen molar-refractivity contribution in [3.63, 3.8) is 0 Å². The van der Waals surface area contributed by atoms with Gasteiger partial charge < -0.3 is 15.2 Å². The second kappa shape index (κ2) is 5.56. The first-order valence-electron chi connectivity index (χ1n) is 6.09. The lowest BCUT2D eigenvalue weighted by Gasteiger charge is -2.38. The number of methoxy groups -OCH3 is 1. The molecule has 1 aliphatic rings. The zero-order valence-electron chi connectivity index (χ0n) is 11.4. The largest absolute Gasteiger partial charge is 0.467 e. The van der Waals surface area contributed by atoms with E-state index in [1.54, 1.807) is 20.8 Å². The van der Waals surface area contributed by atoms with Gasteiger partial charge in [0.2, 0.25) is 0 Å². The zero-order chi connectivity index (χ0) is 13.9. The van der Waals surface area contributed by atoms with Gasteiger partial charge in [-0.05, 0) is 33.6 Å². The summed E-state index contributed by atoms with van der Waals surface area (Å²) in [4.78, 5) is 25.1. The third kappa shape index (κ3) is 3.60. The van der Waals surface area contributed by atoms with Crippen LogP contribution in [0.5, 0.6) is 0 Å². The summed E-state index contributed by atoms with van der Waals surface area (Å²) in [7, 11) is 1.29. The van der Waals surface area contributed by atoms with Gasteiger partial charge in [-0.3, -0.25) is 4.90 Å². The zero-order valence-corrected chi connectivity index (χ0v) is 11.4. The Morgan fingerprint density at radius 2 is 1.94 bits per heavy atom. The molecule has 104 valence electrons. The summed E-state index contributed by atoms with van der Waals surface area (Å²) in [5.74, 6) is -0.493. The van der Waals surface area contributed by atoms with E-state index in [9.17, 15) is 9.59 Å². The fourth-order valence-electron chi connectivity index (χ4n) is 1.97. The van der Waals surface area contributed by atoms with Crippen molar-refractivity contribution in [2.75, 3.05) is 13.7 Å². The number of nitrogens with zero attached hydrogens (tertiary/aromatic N) is 1. The molecule has 0 aromatic heterocycles. The Bertz CT molecular complexity index is 325. The van der Waals surface area contributed by atoms with Gasteiger partial charge in [0.1, 0.15) is 11.6 Å². The molecular weight excluding hydrogens is 236 g/mol. The van der Waals surface area contributed by atoms with Crippen LogP contribution in [0.2, 0.25) is 0 Å². The quantitative estimate of drug-likeness (QED) is 0.706. The molecule has 2 atom stereocenters. The Kier molecular flexibility index (Phi) is 4.56. The summed E-state index contributed by atoms with van der Waals surface area (Å²) < 4.78 is 9.98. The number of hydrogen-bond acceptors (Lipinski definition) is 5. The van der Waals surface area contributed by atoms with Crippen LogP contribution in [-0.2, 0) is 14.3 Å². The SMILES string of the molecule is COC(=O)[C@@H]1[C@@H](N)CCCN1C(=O)OC(C)(C)C. The van der Waals surface area contributed by atoms with Gasteiger partial charge in [-0.1, -0.05) is 0 Å². The second-order valence-electron chi connectivity index (χ2n) is 5.45. The Balaban J connectivity index is 2.82. The second-order valence-corrected chi connectivity index (χ2v) is 5.45. The Hall–Kier alpha value is -1.30. The van der Waals surface area contributed by atoms with E-state index in [2.05, 4.69) is 0 Å². The maximum absolute atomic E-state index is 12.0. The van der Waals surface area contributed by atoms with E-state index in [1.807, 2.05) is 0 Å². The van der Waals surface area contributed by atoms with Crippen molar-refractivity contribution in [3.05, 3.63) is 0 Å². The normalized spacial score (nSPS) is 24.6. The van der Waals surface area contributed by atoms with Crippen LogP contribution in [0.25, 0.3) is 0 Å². The van der Waals surface area contributed by atoms with Crippen LogP contribution in [0.3, 0.4) is 0 Å². The Labute approximate surface area is 107 Å². The molecule has 6 heteroatoms. The highest BCUT2D eigenvalue weighted by molar-refractivity contribution is 5.82. The minimum atomic E-state index is -0.751. The van der Waals surface area contributed by atoms with Crippen molar-refractivity contribution in [3.8, 4) is 0 Å². The van der Waals surface area contributed by atoms with Gasteiger partial charge in [0.25, 0.3) is 0 Å². The number of likely N-dealkylation sites (tertiary alicyclic amines) is 1. The average molecular weight is 258 g/mol. The number of hydrogen-bond donors (Lipinski definition) is 1. The number of carbonyl (C=O) groups is 2. The molecule has 0 radical (unpaired) electrons. The third-order valence-corrected chi connectivity index (χ3v) is 2.75. The fourth-order valence-corrected chi connectivity index (χ4v) is 1.97. The first kappa shape index (κ1) is 14.8. The molecule has 2 N–H and O–H groups in total. The molecule has 0 bridgehead atoms. The topological polar surface area (TPSA) is 81.9 Å². The highest BCUT2D eigenvalue weighted by atomic mass is 16.6. The maximum atomic E-state index is 12.0. The van der Waals surface area contributed by atoms with Gasteiger partial charge >= 0.3 is 12.1 Å². The number of piperidine rings is 1. The molecule has 1 saturated heterocycles. The van der Waals surface area contributed by atoms with E-state index in [1.165, 1.54) is 12.0 Å². The lowest BCUT2D eigenvalue weighted by molar-refractivity contribution is -0.148. The fraction of sp³-hybridized carbons (Fsp3) is 0.833. The first-order chi connectivity index (χ1) is 8.26. The lowest BCUT2D eigenvalue weighted by atomic mass is 9.97. The van der Waals surface area contributed by atoms with Crippen LogP contribution in [0, 0.1) is 0 Å². The molecule has 0 saturated carbocycles. The van der Waals surface area contributed by atoms with E-state index in [0.29, 0.717) is 13.0 Å². The third-order valence-electron chi connectivity index (χ3n) is 2.75. The lowest BCUT2D eigenvalue weighted by Crippen LogP contribution is -2.59. The molecule has 1 amide bonds. The molecule has 1 aliphatic heterocycles. The maximum Gasteiger partial charge on any atom is 0.411 e. The van der Waals surface area contributed by atoms with Gasteiger partial charge in [-0.15, -0.1) is 0 Å². The number of nitrogens with two attached hydrogens (primary N) is 1. The van der Waals surface area contributed by atoms with Crippen molar-refractivity contribution >= 4 is 12.1 Å². The summed E-state index contributed by atoms with van der Waals surface area (Å²) in [6, 6.07) is -1.16. The summed E-state index contributed by atoms with van der Waals surface area (Å²) in [5.41, 5.74) is 5.30. The molecular formula is C12H22N2O4. The summed E-state index contributed by atoms with van der Waals surface area (Å²) in [6.45, 7) is 5.80. The molecule has 0 spiro atoms. The first-order valence-corrected chi connectivity index (χ1v) is 6.09. The standard InChI is InChI=1S/C12H22N2O4/c1-12(2,3)18-11(16)14-7-5-6-8(13)9(14)10(15)17-4/h8-9H,5-7,13H2,1-4H3/t8-,9-/m0/s1. The number of ether oxygens (including phenoxy) is 2. The molecule has 0 unspecified atom stereocenters. The summed E-state index contributed by atoms with van der Waals surface area (Å²) in [6.07, 6.45) is 0.931. The van der Waals surface area contributed by atoms with Crippen molar-refractivity contribution in [1.82, 2.24) is 4.90 Å². The van der Waals surface area contributed by atoms with E-state index in [4.69, 9.17) is 15.2 Å². The van der Waals surface area contributed by atoms with Gasteiger partial charge in [-0.2, -0.15) is 0 Å². The van der Waals surface area contributed by atoms with Crippen LogP contribution in [-0.4, -0.2) is 48.3 Å². The minimum Gasteiger partial charge on any atom is -0.467 e. The number of esters is 1. The predicted octanol–water partition coefficient (Wildman–Crippen LogP) is 0.886. The summed E-state index contributed by atoms with van der Waals surface area (Å²) in [5, 5.41) is 0.